The number of carbonyl (C=O) groups is 1. The second-order valence-corrected chi connectivity index (χ2v) is 5.24. The first kappa shape index (κ1) is 10.8. The van der Waals surface area contributed by atoms with Gasteiger partial charge in [-0.2, -0.15) is 0 Å². The molecule has 3 nitrogen and oxygen atoms in total. The Bertz CT molecular complexity index is 410. The zero-order valence-corrected chi connectivity index (χ0v) is 10.3. The quantitative estimate of drug-likeness (QED) is 0.637. The standard InChI is InChI=1S/C10H10BrClN2O/c11-6-3-10(15)14(5-6)9-4-7(12)1-2-8(9)13/h1-2,4,6H,3,5,13H2. The van der Waals surface area contributed by atoms with Crippen LogP contribution in [0.4, 0.5) is 11.4 Å². The molecule has 0 radical (unpaired) electrons. The molecule has 0 aliphatic carbocycles. The van der Waals surface area contributed by atoms with Gasteiger partial charge in [0.2, 0.25) is 5.91 Å². The van der Waals surface area contributed by atoms with Crippen LogP contribution in [0.3, 0.4) is 0 Å². The third kappa shape index (κ3) is 2.11. The molecule has 2 rings (SSSR count). The van der Waals surface area contributed by atoms with Crippen LogP contribution in [0.15, 0.2) is 18.2 Å². The maximum Gasteiger partial charge on any atom is 0.228 e. The minimum Gasteiger partial charge on any atom is -0.397 e. The highest BCUT2D eigenvalue weighted by Gasteiger charge is 2.29. The van der Waals surface area contributed by atoms with E-state index in [0.29, 0.717) is 29.4 Å². The fourth-order valence-corrected chi connectivity index (χ4v) is 2.38. The molecule has 15 heavy (non-hydrogen) atoms. The molecule has 0 spiro atoms. The van der Waals surface area contributed by atoms with Crippen molar-refractivity contribution in [3.63, 3.8) is 0 Å². The maximum absolute atomic E-state index is 11.6. The van der Waals surface area contributed by atoms with E-state index in [0.717, 1.165) is 0 Å². The van der Waals surface area contributed by atoms with Crippen LogP contribution in [0.1, 0.15) is 6.42 Å². The van der Waals surface area contributed by atoms with Crippen molar-refractivity contribution in [2.24, 2.45) is 0 Å². The van der Waals surface area contributed by atoms with Crippen molar-refractivity contribution in [2.45, 2.75) is 11.2 Å². The van der Waals surface area contributed by atoms with E-state index in [1.165, 1.54) is 0 Å². The van der Waals surface area contributed by atoms with Crippen LogP contribution in [0.5, 0.6) is 0 Å². The summed E-state index contributed by atoms with van der Waals surface area (Å²) in [6, 6.07) is 5.15. The van der Waals surface area contributed by atoms with Gasteiger partial charge in [-0.25, -0.2) is 0 Å². The molecule has 0 saturated carbocycles. The lowest BCUT2D eigenvalue weighted by molar-refractivity contribution is -0.117. The second-order valence-electron chi connectivity index (χ2n) is 3.51. The number of hydrogen-bond donors (Lipinski definition) is 1. The summed E-state index contributed by atoms with van der Waals surface area (Å²) >= 11 is 9.30. The van der Waals surface area contributed by atoms with Crippen molar-refractivity contribution in [3.05, 3.63) is 23.2 Å². The number of amides is 1. The van der Waals surface area contributed by atoms with Gasteiger partial charge in [-0.05, 0) is 18.2 Å². The van der Waals surface area contributed by atoms with Crippen LogP contribution in [0, 0.1) is 0 Å². The van der Waals surface area contributed by atoms with E-state index in [1.54, 1.807) is 23.1 Å². The Morgan fingerprint density at radius 3 is 2.87 bits per heavy atom. The fourth-order valence-electron chi connectivity index (χ4n) is 1.65. The topological polar surface area (TPSA) is 46.3 Å². The van der Waals surface area contributed by atoms with E-state index in [-0.39, 0.29) is 10.7 Å². The lowest BCUT2D eigenvalue weighted by Gasteiger charge is -2.18. The van der Waals surface area contributed by atoms with Gasteiger partial charge in [-0.1, -0.05) is 27.5 Å². The Kier molecular flexibility index (Phi) is 2.89. The van der Waals surface area contributed by atoms with Crippen LogP contribution in [-0.4, -0.2) is 17.3 Å². The minimum atomic E-state index is 0.0749. The van der Waals surface area contributed by atoms with Crippen molar-refractivity contribution >= 4 is 44.8 Å². The number of alkyl halides is 1. The van der Waals surface area contributed by atoms with Gasteiger partial charge in [-0.15, -0.1) is 0 Å². The number of carbonyl (C=O) groups excluding carboxylic acids is 1. The Hall–Kier alpha value is -0.740. The molecule has 0 bridgehead atoms. The average molecular weight is 290 g/mol. The molecule has 1 unspecified atom stereocenters. The summed E-state index contributed by atoms with van der Waals surface area (Å²) in [7, 11) is 0. The molecule has 5 heteroatoms. The first-order valence-electron chi connectivity index (χ1n) is 4.57. The van der Waals surface area contributed by atoms with Crippen LogP contribution in [-0.2, 0) is 4.79 Å². The summed E-state index contributed by atoms with van der Waals surface area (Å²) in [6.45, 7) is 0.642. The molecule has 1 aromatic carbocycles. The monoisotopic (exact) mass is 288 g/mol. The molecular formula is C10H10BrClN2O. The van der Waals surface area contributed by atoms with Crippen LogP contribution >= 0.6 is 27.5 Å². The van der Waals surface area contributed by atoms with Crippen molar-refractivity contribution in [1.82, 2.24) is 0 Å². The third-order valence-corrected chi connectivity index (χ3v) is 3.21. The number of hydrogen-bond acceptors (Lipinski definition) is 2. The summed E-state index contributed by atoms with van der Waals surface area (Å²) in [6.07, 6.45) is 0.506. The highest BCUT2D eigenvalue weighted by Crippen LogP contribution is 2.31. The van der Waals surface area contributed by atoms with E-state index in [9.17, 15) is 4.79 Å². The highest BCUT2D eigenvalue weighted by atomic mass is 79.9. The van der Waals surface area contributed by atoms with Crippen molar-refractivity contribution < 1.29 is 4.79 Å². The van der Waals surface area contributed by atoms with Gasteiger partial charge < -0.3 is 10.6 Å². The van der Waals surface area contributed by atoms with Gasteiger partial charge in [0, 0.05) is 22.8 Å². The Balaban J connectivity index is 2.37. The molecule has 1 fully saturated rings. The molecule has 1 atom stereocenters. The van der Waals surface area contributed by atoms with Crippen molar-refractivity contribution in [1.29, 1.82) is 0 Å². The van der Waals surface area contributed by atoms with Gasteiger partial charge in [0.15, 0.2) is 0 Å². The summed E-state index contributed by atoms with van der Waals surface area (Å²) < 4.78 is 0. The number of nitrogens with zero attached hydrogens (tertiary/aromatic N) is 1. The lowest BCUT2D eigenvalue weighted by Crippen LogP contribution is -2.25. The van der Waals surface area contributed by atoms with Gasteiger partial charge in [0.1, 0.15) is 0 Å². The zero-order chi connectivity index (χ0) is 11.0. The molecule has 0 aromatic heterocycles. The van der Waals surface area contributed by atoms with Crippen LogP contribution < -0.4 is 10.6 Å². The van der Waals surface area contributed by atoms with Crippen LogP contribution in [0.2, 0.25) is 5.02 Å². The van der Waals surface area contributed by atoms with Gasteiger partial charge >= 0.3 is 0 Å². The molecule has 1 aliphatic rings. The largest absolute Gasteiger partial charge is 0.397 e. The summed E-state index contributed by atoms with van der Waals surface area (Å²) in [5.74, 6) is 0.0749. The molecule has 1 amide bonds. The SMILES string of the molecule is Nc1ccc(Cl)cc1N1CC(Br)CC1=O. The first-order valence-corrected chi connectivity index (χ1v) is 5.87. The van der Waals surface area contributed by atoms with E-state index in [2.05, 4.69) is 15.9 Å². The van der Waals surface area contributed by atoms with Crippen molar-refractivity contribution in [2.75, 3.05) is 17.2 Å². The molecule has 1 aliphatic heterocycles. The zero-order valence-electron chi connectivity index (χ0n) is 7.91. The third-order valence-electron chi connectivity index (χ3n) is 2.36. The Labute approximate surface area is 101 Å². The predicted molar refractivity (Wildman–Crippen MR) is 65.5 cm³/mol. The van der Waals surface area contributed by atoms with Crippen LogP contribution in [0.25, 0.3) is 0 Å². The number of nitrogens with two attached hydrogens (primary N) is 1. The fraction of sp³-hybridized carbons (Fsp3) is 0.300. The van der Waals surface area contributed by atoms with Gasteiger partial charge in [0.05, 0.1) is 11.4 Å². The first-order chi connectivity index (χ1) is 7.08. The molecule has 1 saturated heterocycles. The molecule has 1 aromatic rings. The molecule has 2 N–H and O–H groups in total. The maximum atomic E-state index is 11.6. The molecule has 1 heterocycles. The minimum absolute atomic E-state index is 0.0749. The second kappa shape index (κ2) is 4.02. The highest BCUT2D eigenvalue weighted by molar-refractivity contribution is 9.09. The summed E-state index contributed by atoms with van der Waals surface area (Å²) in [5, 5.41) is 0.588. The van der Waals surface area contributed by atoms with E-state index >= 15 is 0 Å². The Morgan fingerprint density at radius 1 is 1.53 bits per heavy atom. The summed E-state index contributed by atoms with van der Waals surface area (Å²) in [5.41, 5.74) is 7.09. The molecule has 80 valence electrons. The van der Waals surface area contributed by atoms with E-state index < -0.39 is 0 Å². The van der Waals surface area contributed by atoms with E-state index in [1.807, 2.05) is 0 Å². The van der Waals surface area contributed by atoms with Crippen molar-refractivity contribution in [3.8, 4) is 0 Å². The molecular weight excluding hydrogens is 279 g/mol. The number of halogens is 2. The number of anilines is 2. The summed E-state index contributed by atoms with van der Waals surface area (Å²) in [4.78, 5) is 13.5. The number of rotatable bonds is 1. The number of nitrogen functional groups attached to an aromatic ring is 1. The Morgan fingerprint density at radius 2 is 2.27 bits per heavy atom. The predicted octanol–water partition coefficient (Wildman–Crippen LogP) is 2.42. The lowest BCUT2D eigenvalue weighted by atomic mass is 10.2. The van der Waals surface area contributed by atoms with Gasteiger partial charge in [-0.3, -0.25) is 4.79 Å². The number of benzene rings is 1. The van der Waals surface area contributed by atoms with Gasteiger partial charge in [0.25, 0.3) is 0 Å². The normalized spacial score (nSPS) is 21.1. The van der Waals surface area contributed by atoms with E-state index in [4.69, 9.17) is 17.3 Å². The smallest absolute Gasteiger partial charge is 0.228 e. The average Bonchev–Trinajstić information content (AvgIpc) is 2.50.